The van der Waals surface area contributed by atoms with Crippen LogP contribution >= 0.6 is 11.6 Å². The van der Waals surface area contributed by atoms with E-state index in [0.717, 1.165) is 12.0 Å². The van der Waals surface area contributed by atoms with E-state index >= 15 is 0 Å². The minimum atomic E-state index is -0.158. The highest BCUT2D eigenvalue weighted by atomic mass is 35.5. The first kappa shape index (κ1) is 19.7. The van der Waals surface area contributed by atoms with Gasteiger partial charge < -0.3 is 24.8 Å². The third-order valence-electron chi connectivity index (χ3n) is 5.43. The molecule has 0 spiro atoms. The van der Waals surface area contributed by atoms with Gasteiger partial charge in [0, 0.05) is 55.7 Å². The zero-order chi connectivity index (χ0) is 20.4. The fourth-order valence-corrected chi connectivity index (χ4v) is 4.08. The van der Waals surface area contributed by atoms with Gasteiger partial charge in [-0.25, -0.2) is 0 Å². The summed E-state index contributed by atoms with van der Waals surface area (Å²) < 4.78 is 10.6. The van der Waals surface area contributed by atoms with Gasteiger partial charge in [-0.15, -0.1) is 0 Å². The number of hydrogen-bond donors (Lipinski definition) is 2. The van der Waals surface area contributed by atoms with Gasteiger partial charge in [0.05, 0.1) is 6.61 Å². The van der Waals surface area contributed by atoms with Crippen molar-refractivity contribution in [2.45, 2.75) is 18.9 Å². The molecule has 0 radical (unpaired) electrons. The molecular formula is C20H23ClN4O4. The van der Waals surface area contributed by atoms with Gasteiger partial charge in [-0.2, -0.15) is 0 Å². The number of piperidine rings is 1. The zero-order valence-electron chi connectivity index (χ0n) is 16.1. The lowest BCUT2D eigenvalue weighted by Gasteiger charge is -2.34. The van der Waals surface area contributed by atoms with Crippen LogP contribution in [0.5, 0.6) is 0 Å². The largest absolute Gasteiger partial charge is 0.383 e. The molecule has 2 atom stereocenters. The summed E-state index contributed by atoms with van der Waals surface area (Å²) in [5, 5.41) is 10.8. The van der Waals surface area contributed by atoms with Crippen molar-refractivity contribution in [3.8, 4) is 11.3 Å². The summed E-state index contributed by atoms with van der Waals surface area (Å²) in [6, 6.07) is 7.23. The molecule has 2 aromatic rings. The average molecular weight is 419 g/mol. The van der Waals surface area contributed by atoms with Crippen molar-refractivity contribution in [3.05, 3.63) is 34.9 Å². The Morgan fingerprint density at radius 3 is 2.97 bits per heavy atom. The molecule has 2 fully saturated rings. The van der Waals surface area contributed by atoms with Crippen LogP contribution in [0.3, 0.4) is 0 Å². The van der Waals surface area contributed by atoms with Crippen LogP contribution in [-0.4, -0.2) is 61.3 Å². The first-order valence-corrected chi connectivity index (χ1v) is 10.0. The van der Waals surface area contributed by atoms with E-state index in [9.17, 15) is 9.59 Å². The number of likely N-dealkylation sites (tertiary alicyclic amines) is 1. The van der Waals surface area contributed by atoms with Gasteiger partial charge in [-0.05, 0) is 30.7 Å². The van der Waals surface area contributed by atoms with Crippen molar-refractivity contribution in [3.63, 3.8) is 0 Å². The molecule has 0 bridgehead atoms. The van der Waals surface area contributed by atoms with Gasteiger partial charge in [0.15, 0.2) is 11.6 Å². The second kappa shape index (κ2) is 8.42. The first-order chi connectivity index (χ1) is 14.1. The molecule has 0 unspecified atom stereocenters. The average Bonchev–Trinajstić information content (AvgIpc) is 3.30. The predicted octanol–water partition coefficient (Wildman–Crippen LogP) is 2.40. The van der Waals surface area contributed by atoms with Crippen LogP contribution < -0.4 is 10.6 Å². The summed E-state index contributed by atoms with van der Waals surface area (Å²) in [4.78, 5) is 27.0. The van der Waals surface area contributed by atoms with Crippen molar-refractivity contribution in [1.29, 1.82) is 0 Å². The summed E-state index contributed by atoms with van der Waals surface area (Å²) in [6.45, 7) is 2.07. The number of halogens is 1. The standard InChI is InChI=1S/C20H23ClN4O4/c1-28-9-7-22-19-17(18(29-24-19)12-2-4-14(21)5-3-12)20(27)25-8-6-15-13(11-25)10-16(26)23-15/h2-5,13,15H,6-11H2,1H3,(H,22,24)(H,23,26)/t13-,15+/m1/s1. The summed E-state index contributed by atoms with van der Waals surface area (Å²) in [5.41, 5.74) is 1.11. The Balaban J connectivity index is 1.62. The van der Waals surface area contributed by atoms with Crippen LogP contribution in [-0.2, 0) is 9.53 Å². The summed E-state index contributed by atoms with van der Waals surface area (Å²) in [5.74, 6) is 0.829. The monoisotopic (exact) mass is 418 g/mol. The van der Waals surface area contributed by atoms with Crippen LogP contribution in [0, 0.1) is 5.92 Å². The van der Waals surface area contributed by atoms with Crippen molar-refractivity contribution in [2.75, 3.05) is 38.7 Å². The number of nitrogens with one attached hydrogen (secondary N) is 2. The Morgan fingerprint density at radius 2 is 2.21 bits per heavy atom. The molecule has 8 nitrogen and oxygen atoms in total. The molecule has 2 amide bonds. The quantitative estimate of drug-likeness (QED) is 0.699. The van der Waals surface area contributed by atoms with Crippen LogP contribution in [0.1, 0.15) is 23.2 Å². The minimum absolute atomic E-state index is 0.0584. The van der Waals surface area contributed by atoms with Gasteiger partial charge in [-0.3, -0.25) is 9.59 Å². The van der Waals surface area contributed by atoms with E-state index in [4.69, 9.17) is 20.9 Å². The number of carbonyl (C=O) groups excluding carboxylic acids is 2. The van der Waals surface area contributed by atoms with E-state index in [2.05, 4.69) is 15.8 Å². The number of hydrogen-bond acceptors (Lipinski definition) is 6. The maximum Gasteiger partial charge on any atom is 0.261 e. The third-order valence-corrected chi connectivity index (χ3v) is 5.68. The number of benzene rings is 1. The molecular weight excluding hydrogens is 396 g/mol. The maximum absolute atomic E-state index is 13.5. The highest BCUT2D eigenvalue weighted by Crippen LogP contribution is 2.33. The Hall–Kier alpha value is -2.58. The molecule has 3 heterocycles. The van der Waals surface area contributed by atoms with Crippen LogP contribution in [0.4, 0.5) is 5.82 Å². The van der Waals surface area contributed by atoms with E-state index in [1.807, 2.05) is 0 Å². The summed E-state index contributed by atoms with van der Waals surface area (Å²) >= 11 is 6.00. The van der Waals surface area contributed by atoms with Gasteiger partial charge in [0.1, 0.15) is 5.56 Å². The van der Waals surface area contributed by atoms with E-state index in [-0.39, 0.29) is 23.8 Å². The molecule has 0 saturated carbocycles. The molecule has 4 rings (SSSR count). The van der Waals surface area contributed by atoms with Gasteiger partial charge in [0.25, 0.3) is 5.91 Å². The van der Waals surface area contributed by atoms with Crippen molar-refractivity contribution >= 4 is 29.2 Å². The number of anilines is 1. The van der Waals surface area contributed by atoms with E-state index < -0.39 is 0 Å². The third kappa shape index (κ3) is 4.09. The van der Waals surface area contributed by atoms with Crippen LogP contribution in [0.25, 0.3) is 11.3 Å². The highest BCUT2D eigenvalue weighted by molar-refractivity contribution is 6.30. The SMILES string of the molecule is COCCNc1noc(-c2ccc(Cl)cc2)c1C(=O)N1CC[C@@H]2NC(=O)C[C@@H]2C1. The molecule has 1 aromatic carbocycles. The van der Waals surface area contributed by atoms with Crippen molar-refractivity contribution in [2.24, 2.45) is 5.92 Å². The Kier molecular flexibility index (Phi) is 5.73. The molecule has 2 N–H and O–H groups in total. The number of ether oxygens (including phenoxy) is 1. The number of methoxy groups -OCH3 is 1. The molecule has 2 saturated heterocycles. The predicted molar refractivity (Wildman–Crippen MR) is 108 cm³/mol. The minimum Gasteiger partial charge on any atom is -0.383 e. The maximum atomic E-state index is 13.5. The summed E-state index contributed by atoms with van der Waals surface area (Å²) in [7, 11) is 1.61. The van der Waals surface area contributed by atoms with E-state index in [1.54, 1.807) is 36.3 Å². The normalized spacial score (nSPS) is 21.0. The fourth-order valence-electron chi connectivity index (χ4n) is 3.95. The lowest BCUT2D eigenvalue weighted by atomic mass is 9.92. The Morgan fingerprint density at radius 1 is 1.41 bits per heavy atom. The van der Waals surface area contributed by atoms with Gasteiger partial charge >= 0.3 is 0 Å². The van der Waals surface area contributed by atoms with Gasteiger partial charge in [-0.1, -0.05) is 16.8 Å². The number of carbonyl (C=O) groups is 2. The van der Waals surface area contributed by atoms with Crippen LogP contribution in [0.2, 0.25) is 5.02 Å². The summed E-state index contributed by atoms with van der Waals surface area (Å²) in [6.07, 6.45) is 1.21. The van der Waals surface area contributed by atoms with Crippen molar-refractivity contribution < 1.29 is 18.8 Å². The van der Waals surface area contributed by atoms with Crippen molar-refractivity contribution in [1.82, 2.24) is 15.4 Å². The number of fused-ring (bicyclic) bond motifs is 1. The fraction of sp³-hybridized carbons (Fsp3) is 0.450. The highest BCUT2D eigenvalue weighted by Gasteiger charge is 2.39. The number of rotatable bonds is 6. The molecule has 2 aliphatic heterocycles. The molecule has 29 heavy (non-hydrogen) atoms. The number of nitrogens with zero attached hydrogens (tertiary/aromatic N) is 2. The Bertz CT molecular complexity index is 898. The molecule has 9 heteroatoms. The smallest absolute Gasteiger partial charge is 0.261 e. The number of amides is 2. The second-order valence-corrected chi connectivity index (χ2v) is 7.78. The zero-order valence-corrected chi connectivity index (χ0v) is 16.9. The van der Waals surface area contributed by atoms with Crippen LogP contribution in [0.15, 0.2) is 28.8 Å². The van der Waals surface area contributed by atoms with Gasteiger partial charge in [0.2, 0.25) is 5.91 Å². The second-order valence-electron chi connectivity index (χ2n) is 7.34. The molecule has 2 aliphatic rings. The Labute approximate surface area is 173 Å². The number of aromatic nitrogens is 1. The van der Waals surface area contributed by atoms with E-state index in [1.165, 1.54) is 0 Å². The van der Waals surface area contributed by atoms with E-state index in [0.29, 0.717) is 54.8 Å². The molecule has 154 valence electrons. The molecule has 0 aliphatic carbocycles. The lowest BCUT2D eigenvalue weighted by Crippen LogP contribution is -2.47. The lowest BCUT2D eigenvalue weighted by molar-refractivity contribution is -0.119. The topological polar surface area (TPSA) is 96.7 Å². The molecule has 1 aromatic heterocycles. The first-order valence-electron chi connectivity index (χ1n) is 9.64.